The van der Waals surface area contributed by atoms with Gasteiger partial charge in [0.2, 0.25) is 5.82 Å². The molecular formula is C18H13ClF4N4O3. The molecule has 1 aliphatic carbocycles. The standard InChI is InChI=1S/C16H12ClFN4O.C2HF3O2/c17-9-3-6-11(18)13(8-9)22-14-12(2-1-7-19-14)21-15(22)16(23)20-10-4-5-10;3-2(4,5)1(6)7/h1-3,6-8,10H,4-5H2,(H,20,23);(H,6,7). The number of rotatable bonds is 3. The summed E-state index contributed by atoms with van der Waals surface area (Å²) >= 11 is 5.99. The Morgan fingerprint density at radius 3 is 2.50 bits per heavy atom. The van der Waals surface area contributed by atoms with Crippen LogP contribution >= 0.6 is 11.6 Å². The zero-order chi connectivity index (χ0) is 22.1. The van der Waals surface area contributed by atoms with Crippen LogP contribution in [0.1, 0.15) is 23.5 Å². The fourth-order valence-corrected chi connectivity index (χ4v) is 2.59. The maximum atomic E-state index is 14.3. The van der Waals surface area contributed by atoms with Crippen LogP contribution in [0.4, 0.5) is 17.6 Å². The lowest BCUT2D eigenvalue weighted by molar-refractivity contribution is -0.192. The molecule has 1 aromatic carbocycles. The van der Waals surface area contributed by atoms with E-state index in [0.29, 0.717) is 16.2 Å². The number of carboxylic acids is 1. The number of carboxylic acid groups (broad SMARTS) is 1. The van der Waals surface area contributed by atoms with E-state index in [-0.39, 0.29) is 23.5 Å². The van der Waals surface area contributed by atoms with E-state index in [2.05, 4.69) is 15.3 Å². The first-order valence-electron chi connectivity index (χ1n) is 8.48. The molecule has 158 valence electrons. The highest BCUT2D eigenvalue weighted by atomic mass is 35.5. The minimum absolute atomic E-state index is 0.103. The number of hydrogen-bond acceptors (Lipinski definition) is 4. The number of aromatic nitrogens is 3. The van der Waals surface area contributed by atoms with Gasteiger partial charge in [0.05, 0.1) is 5.69 Å². The Bertz CT molecular complexity index is 1110. The van der Waals surface area contributed by atoms with Gasteiger partial charge in [-0.05, 0) is 43.2 Å². The Balaban J connectivity index is 0.000000318. The second-order valence-electron chi connectivity index (χ2n) is 6.26. The summed E-state index contributed by atoms with van der Waals surface area (Å²) in [6.07, 6.45) is -1.60. The van der Waals surface area contributed by atoms with Crippen molar-refractivity contribution in [1.29, 1.82) is 0 Å². The van der Waals surface area contributed by atoms with Crippen molar-refractivity contribution in [3.8, 4) is 5.69 Å². The first-order chi connectivity index (χ1) is 14.1. The zero-order valence-electron chi connectivity index (χ0n) is 15.0. The lowest BCUT2D eigenvalue weighted by atomic mass is 10.3. The molecule has 0 aliphatic heterocycles. The normalized spacial score (nSPS) is 13.5. The van der Waals surface area contributed by atoms with Crippen LogP contribution in [0.25, 0.3) is 16.9 Å². The third-order valence-corrected chi connectivity index (χ3v) is 4.16. The van der Waals surface area contributed by atoms with E-state index in [1.54, 1.807) is 18.3 Å². The molecule has 7 nitrogen and oxygen atoms in total. The van der Waals surface area contributed by atoms with Crippen LogP contribution in [0.15, 0.2) is 36.5 Å². The van der Waals surface area contributed by atoms with E-state index in [4.69, 9.17) is 21.5 Å². The number of alkyl halides is 3. The van der Waals surface area contributed by atoms with Crippen LogP contribution in [-0.4, -0.2) is 43.7 Å². The molecule has 0 bridgehead atoms. The summed E-state index contributed by atoms with van der Waals surface area (Å²) in [5, 5.41) is 10.4. The number of fused-ring (bicyclic) bond motifs is 1. The van der Waals surface area contributed by atoms with Gasteiger partial charge in [-0.1, -0.05) is 11.6 Å². The lowest BCUT2D eigenvalue weighted by Gasteiger charge is -2.10. The Morgan fingerprint density at radius 1 is 1.23 bits per heavy atom. The summed E-state index contributed by atoms with van der Waals surface area (Å²) in [5.74, 6) is -3.50. The minimum atomic E-state index is -5.08. The quantitative estimate of drug-likeness (QED) is 0.600. The van der Waals surface area contributed by atoms with Crippen LogP contribution in [0.3, 0.4) is 0 Å². The van der Waals surface area contributed by atoms with Crippen molar-refractivity contribution in [2.45, 2.75) is 25.1 Å². The van der Waals surface area contributed by atoms with Gasteiger partial charge in [0.25, 0.3) is 5.91 Å². The van der Waals surface area contributed by atoms with Crippen molar-refractivity contribution in [2.24, 2.45) is 0 Å². The van der Waals surface area contributed by atoms with E-state index >= 15 is 0 Å². The number of benzene rings is 1. The van der Waals surface area contributed by atoms with Crippen molar-refractivity contribution < 1.29 is 32.3 Å². The molecule has 1 amide bonds. The van der Waals surface area contributed by atoms with Crippen LogP contribution in [0.5, 0.6) is 0 Å². The Hall–Kier alpha value is -3.21. The third-order valence-electron chi connectivity index (χ3n) is 3.92. The lowest BCUT2D eigenvalue weighted by Crippen LogP contribution is -2.28. The first-order valence-corrected chi connectivity index (χ1v) is 8.85. The number of nitrogens with zero attached hydrogens (tertiary/aromatic N) is 3. The van der Waals surface area contributed by atoms with E-state index in [9.17, 15) is 22.4 Å². The third kappa shape index (κ3) is 4.85. The Labute approximate surface area is 171 Å². The number of halogens is 5. The highest BCUT2D eigenvalue weighted by molar-refractivity contribution is 6.30. The first kappa shape index (κ1) is 21.5. The molecular weight excluding hydrogens is 432 g/mol. The van der Waals surface area contributed by atoms with E-state index in [0.717, 1.165) is 12.8 Å². The monoisotopic (exact) mass is 444 g/mol. The average Bonchev–Trinajstić information content (AvgIpc) is 3.40. The SMILES string of the molecule is O=C(NC1CC1)c1nc2cccnc2n1-c1cc(Cl)ccc1F.O=C(O)C(F)(F)F. The molecule has 12 heteroatoms. The van der Waals surface area contributed by atoms with Crippen molar-refractivity contribution in [1.82, 2.24) is 19.9 Å². The van der Waals surface area contributed by atoms with Gasteiger partial charge >= 0.3 is 12.1 Å². The molecule has 0 spiro atoms. The number of nitrogens with one attached hydrogen (secondary N) is 1. The fraction of sp³-hybridized carbons (Fsp3) is 0.222. The second-order valence-corrected chi connectivity index (χ2v) is 6.70. The molecule has 2 aromatic heterocycles. The molecule has 1 saturated carbocycles. The van der Waals surface area contributed by atoms with Gasteiger partial charge in [-0.15, -0.1) is 0 Å². The Morgan fingerprint density at radius 2 is 1.90 bits per heavy atom. The van der Waals surface area contributed by atoms with Crippen LogP contribution in [-0.2, 0) is 4.79 Å². The van der Waals surface area contributed by atoms with Crippen LogP contribution in [0, 0.1) is 5.82 Å². The molecule has 2 heterocycles. The number of carbonyl (C=O) groups excluding carboxylic acids is 1. The van der Waals surface area contributed by atoms with Gasteiger partial charge < -0.3 is 10.4 Å². The number of hydrogen-bond donors (Lipinski definition) is 2. The summed E-state index contributed by atoms with van der Waals surface area (Å²) in [7, 11) is 0. The Kier molecular flexibility index (Phi) is 5.92. The van der Waals surface area contributed by atoms with Gasteiger partial charge in [0.1, 0.15) is 11.3 Å². The number of pyridine rings is 1. The summed E-state index contributed by atoms with van der Waals surface area (Å²) < 4.78 is 47.5. The summed E-state index contributed by atoms with van der Waals surface area (Å²) in [4.78, 5) is 29.9. The van der Waals surface area contributed by atoms with Crippen LogP contribution in [0.2, 0.25) is 5.02 Å². The minimum Gasteiger partial charge on any atom is -0.475 e. The largest absolute Gasteiger partial charge is 0.490 e. The van der Waals surface area contributed by atoms with E-state index in [1.165, 1.54) is 22.8 Å². The maximum Gasteiger partial charge on any atom is 0.490 e. The van der Waals surface area contributed by atoms with Gasteiger partial charge in [0.15, 0.2) is 5.65 Å². The number of aliphatic carboxylic acids is 1. The molecule has 0 radical (unpaired) electrons. The predicted octanol–water partition coefficient (Wildman–Crippen LogP) is 3.74. The van der Waals surface area contributed by atoms with Crippen molar-refractivity contribution in [2.75, 3.05) is 0 Å². The van der Waals surface area contributed by atoms with Crippen molar-refractivity contribution in [3.63, 3.8) is 0 Å². The molecule has 0 atom stereocenters. The van der Waals surface area contributed by atoms with E-state index < -0.39 is 18.0 Å². The zero-order valence-corrected chi connectivity index (χ0v) is 15.7. The van der Waals surface area contributed by atoms with Gasteiger partial charge in [-0.25, -0.2) is 19.2 Å². The van der Waals surface area contributed by atoms with Gasteiger partial charge in [-0.2, -0.15) is 13.2 Å². The number of carbonyl (C=O) groups is 2. The van der Waals surface area contributed by atoms with Gasteiger partial charge in [-0.3, -0.25) is 9.36 Å². The van der Waals surface area contributed by atoms with Crippen molar-refractivity contribution >= 4 is 34.6 Å². The molecule has 30 heavy (non-hydrogen) atoms. The molecule has 4 rings (SSSR count). The molecule has 1 fully saturated rings. The molecule has 0 unspecified atom stereocenters. The predicted molar refractivity (Wildman–Crippen MR) is 98.0 cm³/mol. The highest BCUT2D eigenvalue weighted by Crippen LogP contribution is 2.26. The smallest absolute Gasteiger partial charge is 0.475 e. The molecule has 0 saturated heterocycles. The maximum absolute atomic E-state index is 14.3. The van der Waals surface area contributed by atoms with Crippen LogP contribution < -0.4 is 5.32 Å². The molecule has 3 aromatic rings. The molecule has 2 N–H and O–H groups in total. The fourth-order valence-electron chi connectivity index (χ4n) is 2.43. The summed E-state index contributed by atoms with van der Waals surface area (Å²) in [5.41, 5.74) is 1.09. The average molecular weight is 445 g/mol. The van der Waals surface area contributed by atoms with E-state index in [1.807, 2.05) is 0 Å². The van der Waals surface area contributed by atoms with Gasteiger partial charge in [0, 0.05) is 17.3 Å². The summed E-state index contributed by atoms with van der Waals surface area (Å²) in [6.45, 7) is 0. The second kappa shape index (κ2) is 8.27. The molecule has 1 aliphatic rings. The van der Waals surface area contributed by atoms with Crippen molar-refractivity contribution in [3.05, 3.63) is 53.2 Å². The number of amides is 1. The topological polar surface area (TPSA) is 97.1 Å². The highest BCUT2D eigenvalue weighted by Gasteiger charge is 2.38. The summed E-state index contributed by atoms with van der Waals surface area (Å²) in [6, 6.07) is 7.80. The number of imidazole rings is 1.